The number of aromatic nitrogens is 2. The van der Waals surface area contributed by atoms with E-state index in [0.29, 0.717) is 23.7 Å². The summed E-state index contributed by atoms with van der Waals surface area (Å²) in [6.07, 6.45) is 14.0. The smallest absolute Gasteiger partial charge is 0.257 e. The number of para-hydroxylation sites is 2. The van der Waals surface area contributed by atoms with Gasteiger partial charge in [-0.3, -0.25) is 4.79 Å². The first-order valence-electron chi connectivity index (χ1n) is 13.3. The molecule has 0 saturated heterocycles. The molecular weight excluding hydrogens is 458 g/mol. The number of amides is 1. The fraction of sp³-hybridized carbons (Fsp3) is 0.517. The summed E-state index contributed by atoms with van der Waals surface area (Å²) in [6.45, 7) is 3.76. The Bertz CT molecular complexity index is 1020. The van der Waals surface area contributed by atoms with Gasteiger partial charge in [0.25, 0.3) is 5.91 Å². The predicted octanol–water partition coefficient (Wildman–Crippen LogP) is 7.35. The number of nitrogens with zero attached hydrogens (tertiary/aromatic N) is 2. The highest BCUT2D eigenvalue weighted by atomic mass is 35.5. The minimum Gasteiger partial charge on any atom is -0.484 e. The molecule has 190 valence electrons. The van der Waals surface area contributed by atoms with Crippen LogP contribution in [0.2, 0.25) is 5.02 Å². The van der Waals surface area contributed by atoms with Gasteiger partial charge in [-0.15, -0.1) is 0 Å². The summed E-state index contributed by atoms with van der Waals surface area (Å²) >= 11 is 5.88. The lowest BCUT2D eigenvalue weighted by molar-refractivity contribution is -0.123. The van der Waals surface area contributed by atoms with E-state index < -0.39 is 0 Å². The quantitative estimate of drug-likeness (QED) is 0.198. The second-order valence-electron chi connectivity index (χ2n) is 9.19. The Balaban J connectivity index is 1.40. The zero-order chi connectivity index (χ0) is 24.7. The highest BCUT2D eigenvalue weighted by Gasteiger charge is 2.11. The molecule has 0 saturated carbocycles. The van der Waals surface area contributed by atoms with E-state index in [1.54, 1.807) is 24.3 Å². The van der Waals surface area contributed by atoms with Gasteiger partial charge in [-0.1, -0.05) is 88.4 Å². The maximum absolute atomic E-state index is 12.2. The van der Waals surface area contributed by atoms with Crippen molar-refractivity contribution >= 4 is 28.5 Å². The molecule has 3 rings (SSSR count). The fourth-order valence-electron chi connectivity index (χ4n) is 4.37. The zero-order valence-electron chi connectivity index (χ0n) is 21.1. The largest absolute Gasteiger partial charge is 0.484 e. The first-order valence-corrected chi connectivity index (χ1v) is 13.6. The van der Waals surface area contributed by atoms with Crippen molar-refractivity contribution in [3.05, 3.63) is 59.4 Å². The third kappa shape index (κ3) is 9.56. The molecule has 0 atom stereocenters. The van der Waals surface area contributed by atoms with Crippen LogP contribution in [0.15, 0.2) is 48.5 Å². The monoisotopic (exact) mass is 497 g/mol. The molecule has 1 aromatic heterocycles. The van der Waals surface area contributed by atoms with E-state index in [2.05, 4.69) is 35.0 Å². The van der Waals surface area contributed by atoms with Gasteiger partial charge in [0.1, 0.15) is 11.6 Å². The number of nitrogens with one attached hydrogen (secondary N) is 1. The summed E-state index contributed by atoms with van der Waals surface area (Å²) in [6, 6.07) is 15.3. The van der Waals surface area contributed by atoms with Crippen molar-refractivity contribution in [3.63, 3.8) is 0 Å². The van der Waals surface area contributed by atoms with E-state index in [-0.39, 0.29) is 12.5 Å². The maximum Gasteiger partial charge on any atom is 0.257 e. The van der Waals surface area contributed by atoms with Gasteiger partial charge in [0.05, 0.1) is 11.0 Å². The van der Waals surface area contributed by atoms with E-state index in [1.165, 1.54) is 63.3 Å². The van der Waals surface area contributed by atoms with Crippen LogP contribution >= 0.6 is 11.6 Å². The van der Waals surface area contributed by atoms with Gasteiger partial charge in [0.15, 0.2) is 6.61 Å². The standard InChI is InChI=1S/C29H40ClN3O2/c1-2-3-4-5-6-7-8-9-10-13-22-33-27-15-12-11-14-26(27)32-28(33)20-21-31-29(34)23-35-25-18-16-24(30)17-19-25/h11-12,14-19H,2-10,13,20-23H2,1H3,(H,31,34). The van der Waals surface area contributed by atoms with E-state index in [4.69, 9.17) is 21.3 Å². The molecule has 1 amide bonds. The number of benzene rings is 2. The minimum atomic E-state index is -0.141. The second-order valence-corrected chi connectivity index (χ2v) is 9.63. The Hall–Kier alpha value is -2.53. The van der Waals surface area contributed by atoms with Crippen molar-refractivity contribution in [2.24, 2.45) is 0 Å². The molecule has 6 heteroatoms. The van der Waals surface area contributed by atoms with Crippen molar-refractivity contribution in [2.45, 2.75) is 84.1 Å². The molecule has 0 unspecified atom stereocenters. The Kier molecular flexibility index (Phi) is 12.0. The molecule has 0 aliphatic heterocycles. The van der Waals surface area contributed by atoms with Crippen molar-refractivity contribution in [3.8, 4) is 5.75 Å². The van der Waals surface area contributed by atoms with Crippen LogP contribution < -0.4 is 10.1 Å². The Morgan fingerprint density at radius 2 is 1.57 bits per heavy atom. The number of halogens is 1. The van der Waals surface area contributed by atoms with Gasteiger partial charge in [0, 0.05) is 24.5 Å². The number of hydrogen-bond donors (Lipinski definition) is 1. The summed E-state index contributed by atoms with van der Waals surface area (Å²) < 4.78 is 7.85. The van der Waals surface area contributed by atoms with Crippen LogP contribution in [0.5, 0.6) is 5.75 Å². The van der Waals surface area contributed by atoms with Crippen molar-refractivity contribution in [1.29, 1.82) is 0 Å². The molecule has 0 fully saturated rings. The summed E-state index contributed by atoms with van der Waals surface area (Å²) in [7, 11) is 0. The van der Waals surface area contributed by atoms with Crippen LogP contribution in [0, 0.1) is 0 Å². The molecule has 0 spiro atoms. The molecule has 1 N–H and O–H groups in total. The molecule has 0 bridgehead atoms. The molecule has 35 heavy (non-hydrogen) atoms. The first kappa shape index (κ1) is 27.1. The number of carbonyl (C=O) groups excluding carboxylic acids is 1. The number of aryl methyl sites for hydroxylation is 1. The summed E-state index contributed by atoms with van der Waals surface area (Å²) in [5.41, 5.74) is 2.20. The SMILES string of the molecule is CCCCCCCCCCCCn1c(CCNC(=O)COc2ccc(Cl)cc2)nc2ccccc21. The van der Waals surface area contributed by atoms with Crippen LogP contribution in [-0.2, 0) is 17.8 Å². The Labute approximate surface area is 215 Å². The molecule has 5 nitrogen and oxygen atoms in total. The van der Waals surface area contributed by atoms with Gasteiger partial charge < -0.3 is 14.6 Å². The lowest BCUT2D eigenvalue weighted by atomic mass is 10.1. The Morgan fingerprint density at radius 3 is 2.29 bits per heavy atom. The van der Waals surface area contributed by atoms with Gasteiger partial charge in [-0.25, -0.2) is 4.98 Å². The molecule has 2 aromatic carbocycles. The highest BCUT2D eigenvalue weighted by Crippen LogP contribution is 2.19. The number of fused-ring (bicyclic) bond motifs is 1. The van der Waals surface area contributed by atoms with E-state index in [0.717, 1.165) is 24.3 Å². The third-order valence-corrected chi connectivity index (χ3v) is 6.58. The zero-order valence-corrected chi connectivity index (χ0v) is 21.9. The van der Waals surface area contributed by atoms with Gasteiger partial charge >= 0.3 is 0 Å². The molecule has 0 radical (unpaired) electrons. The van der Waals surface area contributed by atoms with E-state index in [9.17, 15) is 4.79 Å². The van der Waals surface area contributed by atoms with E-state index in [1.807, 2.05) is 6.07 Å². The second kappa shape index (κ2) is 15.5. The predicted molar refractivity (Wildman–Crippen MR) is 145 cm³/mol. The van der Waals surface area contributed by atoms with E-state index >= 15 is 0 Å². The van der Waals surface area contributed by atoms with Gasteiger partial charge in [-0.2, -0.15) is 0 Å². The molecule has 1 heterocycles. The summed E-state index contributed by atoms with van der Waals surface area (Å²) in [5, 5.41) is 3.59. The Morgan fingerprint density at radius 1 is 0.914 bits per heavy atom. The van der Waals surface area contributed by atoms with Gasteiger partial charge in [-0.05, 0) is 42.8 Å². The number of imidazole rings is 1. The van der Waals surface area contributed by atoms with Crippen LogP contribution in [0.1, 0.15) is 77.0 Å². The van der Waals surface area contributed by atoms with Gasteiger partial charge in [0.2, 0.25) is 0 Å². The topological polar surface area (TPSA) is 56.2 Å². The maximum atomic E-state index is 12.2. The summed E-state index contributed by atoms with van der Waals surface area (Å²) in [5.74, 6) is 1.51. The minimum absolute atomic E-state index is 0.0172. The highest BCUT2D eigenvalue weighted by molar-refractivity contribution is 6.30. The molecule has 0 aliphatic rings. The summed E-state index contributed by atoms with van der Waals surface area (Å²) in [4.78, 5) is 17.1. The molecular formula is C29H40ClN3O2. The van der Waals surface area contributed by atoms with Crippen LogP contribution in [0.25, 0.3) is 11.0 Å². The average Bonchev–Trinajstić information content (AvgIpc) is 3.22. The first-order chi connectivity index (χ1) is 17.2. The van der Waals surface area contributed by atoms with Crippen LogP contribution in [0.4, 0.5) is 0 Å². The average molecular weight is 498 g/mol. The number of hydrogen-bond acceptors (Lipinski definition) is 3. The number of unbranched alkanes of at least 4 members (excludes halogenated alkanes) is 9. The number of carbonyl (C=O) groups is 1. The number of rotatable bonds is 17. The lowest BCUT2D eigenvalue weighted by Crippen LogP contribution is -2.31. The van der Waals surface area contributed by atoms with Crippen LogP contribution in [-0.4, -0.2) is 28.6 Å². The van der Waals surface area contributed by atoms with Crippen molar-refractivity contribution < 1.29 is 9.53 Å². The van der Waals surface area contributed by atoms with Crippen molar-refractivity contribution in [2.75, 3.05) is 13.2 Å². The third-order valence-electron chi connectivity index (χ3n) is 6.32. The fourth-order valence-corrected chi connectivity index (χ4v) is 4.49. The lowest BCUT2D eigenvalue weighted by Gasteiger charge is -2.11. The van der Waals surface area contributed by atoms with Crippen LogP contribution in [0.3, 0.4) is 0 Å². The number of ether oxygens (including phenoxy) is 1. The normalized spacial score (nSPS) is 11.1. The van der Waals surface area contributed by atoms with Crippen molar-refractivity contribution in [1.82, 2.24) is 14.9 Å². The molecule has 0 aliphatic carbocycles. The molecule has 3 aromatic rings.